The van der Waals surface area contributed by atoms with Crippen molar-refractivity contribution in [3.05, 3.63) is 29.3 Å². The second-order valence-electron chi connectivity index (χ2n) is 11.3. The Morgan fingerprint density at radius 3 is 2.48 bits per heavy atom. The van der Waals surface area contributed by atoms with E-state index in [1.165, 1.54) is 51.5 Å². The van der Waals surface area contributed by atoms with Crippen molar-refractivity contribution >= 4 is 11.6 Å². The molecule has 0 N–H and O–H groups in total. The molecule has 4 aliphatic rings. The number of rotatable bonds is 2. The van der Waals surface area contributed by atoms with Gasteiger partial charge in [0.05, 0.1) is 0 Å². The van der Waals surface area contributed by atoms with E-state index >= 15 is 0 Å². The van der Waals surface area contributed by atoms with Crippen LogP contribution >= 0.6 is 11.6 Å². The van der Waals surface area contributed by atoms with Crippen LogP contribution in [0.25, 0.3) is 0 Å². The standard InChI is InChI=1S/C26H38ClNO/c1-17-16-22-25(2,13-5-15-28(22)4)21-12-14-26(3)20(24(17)21)10-11-23(26)29-19-8-6-18(27)7-9-19/h6-9,17,20-24H,5,10-16H2,1-4H3/t17?,20-,21+,22?,23?,24-,25+,26-/m0/s1. The van der Waals surface area contributed by atoms with Gasteiger partial charge in [0.1, 0.15) is 11.9 Å². The van der Waals surface area contributed by atoms with Crippen molar-refractivity contribution in [2.24, 2.45) is 34.5 Å². The smallest absolute Gasteiger partial charge is 0.119 e. The molecule has 4 fully saturated rings. The molecule has 3 unspecified atom stereocenters. The van der Waals surface area contributed by atoms with Crippen LogP contribution in [0.2, 0.25) is 5.02 Å². The lowest BCUT2D eigenvalue weighted by atomic mass is 9.45. The zero-order chi connectivity index (χ0) is 20.4. The van der Waals surface area contributed by atoms with Gasteiger partial charge in [-0.15, -0.1) is 0 Å². The predicted molar refractivity (Wildman–Crippen MR) is 120 cm³/mol. The molecule has 0 amide bonds. The van der Waals surface area contributed by atoms with E-state index in [2.05, 4.69) is 32.7 Å². The van der Waals surface area contributed by atoms with Crippen molar-refractivity contribution in [3.63, 3.8) is 0 Å². The van der Waals surface area contributed by atoms with Crippen LogP contribution in [0.5, 0.6) is 5.75 Å². The molecule has 1 aromatic carbocycles. The average Bonchev–Trinajstić information content (AvgIpc) is 3.01. The lowest BCUT2D eigenvalue weighted by Crippen LogP contribution is -2.62. The van der Waals surface area contributed by atoms with Crippen LogP contribution in [-0.2, 0) is 0 Å². The van der Waals surface area contributed by atoms with Gasteiger partial charge in [-0.25, -0.2) is 0 Å². The molecule has 5 rings (SSSR count). The fraction of sp³-hybridized carbons (Fsp3) is 0.769. The fourth-order valence-corrected chi connectivity index (χ4v) is 8.63. The van der Waals surface area contributed by atoms with Crippen molar-refractivity contribution in [3.8, 4) is 5.75 Å². The summed E-state index contributed by atoms with van der Waals surface area (Å²) in [6.07, 6.45) is 9.83. The van der Waals surface area contributed by atoms with Crippen LogP contribution < -0.4 is 4.74 Å². The van der Waals surface area contributed by atoms with Crippen LogP contribution in [0.3, 0.4) is 0 Å². The maximum Gasteiger partial charge on any atom is 0.119 e. The summed E-state index contributed by atoms with van der Waals surface area (Å²) in [5.41, 5.74) is 0.833. The first-order valence-electron chi connectivity index (χ1n) is 12.0. The number of likely N-dealkylation sites (tertiary alicyclic amines) is 1. The van der Waals surface area contributed by atoms with E-state index in [0.29, 0.717) is 16.9 Å². The van der Waals surface area contributed by atoms with Crippen molar-refractivity contribution in [2.75, 3.05) is 13.6 Å². The summed E-state index contributed by atoms with van der Waals surface area (Å²) in [6.45, 7) is 9.06. The largest absolute Gasteiger partial charge is 0.490 e. The maximum absolute atomic E-state index is 6.60. The molecule has 0 spiro atoms. The summed E-state index contributed by atoms with van der Waals surface area (Å²) in [6, 6.07) is 8.77. The van der Waals surface area contributed by atoms with Gasteiger partial charge in [0.25, 0.3) is 0 Å². The summed E-state index contributed by atoms with van der Waals surface area (Å²) >= 11 is 6.08. The first-order valence-corrected chi connectivity index (χ1v) is 12.3. The highest BCUT2D eigenvalue weighted by Crippen LogP contribution is 2.66. The fourth-order valence-electron chi connectivity index (χ4n) is 8.51. The molecule has 3 heteroatoms. The molecule has 1 aromatic rings. The molecular formula is C26H38ClNO. The van der Waals surface area contributed by atoms with Crippen molar-refractivity contribution < 1.29 is 4.74 Å². The highest BCUT2D eigenvalue weighted by atomic mass is 35.5. The highest BCUT2D eigenvalue weighted by Gasteiger charge is 2.62. The summed E-state index contributed by atoms with van der Waals surface area (Å²) in [5.74, 6) is 4.41. The van der Waals surface area contributed by atoms with Gasteiger partial charge >= 0.3 is 0 Å². The second-order valence-corrected chi connectivity index (χ2v) is 11.7. The summed E-state index contributed by atoms with van der Waals surface area (Å²) in [7, 11) is 2.38. The molecule has 1 heterocycles. The van der Waals surface area contributed by atoms with Crippen molar-refractivity contribution in [1.29, 1.82) is 0 Å². The minimum Gasteiger partial charge on any atom is -0.490 e. The van der Waals surface area contributed by atoms with E-state index in [0.717, 1.165) is 40.5 Å². The molecule has 1 aliphatic heterocycles. The second kappa shape index (κ2) is 7.16. The van der Waals surface area contributed by atoms with Crippen LogP contribution in [0.15, 0.2) is 24.3 Å². The third kappa shape index (κ3) is 3.07. The first kappa shape index (κ1) is 20.2. The van der Waals surface area contributed by atoms with Gasteiger partial charge in [0.15, 0.2) is 0 Å². The Bertz CT molecular complexity index is 750. The molecule has 1 saturated heterocycles. The molecule has 0 bridgehead atoms. The third-order valence-electron chi connectivity index (χ3n) is 9.96. The number of ether oxygens (including phenoxy) is 1. The molecule has 2 nitrogen and oxygen atoms in total. The average molecular weight is 416 g/mol. The van der Waals surface area contributed by atoms with Gasteiger partial charge in [0, 0.05) is 16.5 Å². The molecule has 3 saturated carbocycles. The Labute approximate surface area is 182 Å². The normalized spacial score (nSPS) is 47.2. The van der Waals surface area contributed by atoms with Gasteiger partial charge in [-0.3, -0.25) is 0 Å². The van der Waals surface area contributed by atoms with Crippen LogP contribution in [0.4, 0.5) is 0 Å². The summed E-state index contributed by atoms with van der Waals surface area (Å²) in [4.78, 5) is 2.70. The van der Waals surface area contributed by atoms with E-state index < -0.39 is 0 Å². The Hall–Kier alpha value is -0.730. The first-order chi connectivity index (χ1) is 13.8. The van der Waals surface area contributed by atoms with Crippen molar-refractivity contribution in [1.82, 2.24) is 4.90 Å². The number of benzene rings is 1. The molecule has 160 valence electrons. The quantitative estimate of drug-likeness (QED) is 0.534. The number of piperidine rings is 1. The van der Waals surface area contributed by atoms with Crippen LogP contribution in [-0.4, -0.2) is 30.6 Å². The number of halogens is 1. The van der Waals surface area contributed by atoms with E-state index in [9.17, 15) is 0 Å². The van der Waals surface area contributed by atoms with Gasteiger partial charge in [-0.2, -0.15) is 0 Å². The maximum atomic E-state index is 6.60. The Balaban J connectivity index is 1.40. The lowest BCUT2D eigenvalue weighted by molar-refractivity contribution is -0.148. The number of nitrogens with zero attached hydrogens (tertiary/aromatic N) is 1. The Kier molecular flexibility index (Phi) is 4.98. The highest BCUT2D eigenvalue weighted by molar-refractivity contribution is 6.30. The van der Waals surface area contributed by atoms with Gasteiger partial charge in [0.2, 0.25) is 0 Å². The minimum atomic E-state index is 0.318. The zero-order valence-electron chi connectivity index (χ0n) is 18.7. The van der Waals surface area contributed by atoms with Gasteiger partial charge in [-0.05, 0) is 112 Å². The Morgan fingerprint density at radius 1 is 1.00 bits per heavy atom. The van der Waals surface area contributed by atoms with Crippen molar-refractivity contribution in [2.45, 2.75) is 77.9 Å². The molecule has 0 radical (unpaired) electrons. The summed E-state index contributed by atoms with van der Waals surface area (Å²) < 4.78 is 6.60. The van der Waals surface area contributed by atoms with E-state index in [4.69, 9.17) is 16.3 Å². The monoisotopic (exact) mass is 415 g/mol. The molecule has 0 aromatic heterocycles. The predicted octanol–water partition coefficient (Wildman–Crippen LogP) is 6.67. The van der Waals surface area contributed by atoms with E-state index in [1.807, 2.05) is 24.3 Å². The number of fused-ring (bicyclic) bond motifs is 5. The van der Waals surface area contributed by atoms with Crippen LogP contribution in [0.1, 0.15) is 65.7 Å². The van der Waals surface area contributed by atoms with Crippen LogP contribution in [0, 0.1) is 34.5 Å². The number of hydrogen-bond acceptors (Lipinski definition) is 2. The van der Waals surface area contributed by atoms with Gasteiger partial charge < -0.3 is 9.64 Å². The topological polar surface area (TPSA) is 12.5 Å². The summed E-state index contributed by atoms with van der Waals surface area (Å²) in [5, 5.41) is 0.782. The lowest BCUT2D eigenvalue weighted by Gasteiger charge is -2.63. The van der Waals surface area contributed by atoms with E-state index in [-0.39, 0.29) is 0 Å². The van der Waals surface area contributed by atoms with E-state index in [1.54, 1.807) is 0 Å². The molecule has 8 atom stereocenters. The minimum absolute atomic E-state index is 0.318. The molecule has 29 heavy (non-hydrogen) atoms. The Morgan fingerprint density at radius 2 is 1.72 bits per heavy atom. The van der Waals surface area contributed by atoms with Gasteiger partial charge in [-0.1, -0.05) is 32.4 Å². The SMILES string of the molecule is CC1CC2N(C)CCC[C@]2(C)[C@@H]2CC[C@]3(C)C(Oc4ccc(Cl)cc4)CC[C@H]3[C@H]12. The zero-order valence-corrected chi connectivity index (χ0v) is 19.4. The molecule has 3 aliphatic carbocycles. The third-order valence-corrected chi connectivity index (χ3v) is 10.2. The molecular weight excluding hydrogens is 378 g/mol. The number of hydrogen-bond donors (Lipinski definition) is 0.